The fourth-order valence-corrected chi connectivity index (χ4v) is 1.65. The van der Waals surface area contributed by atoms with Gasteiger partial charge in [-0.05, 0) is 43.3 Å². The van der Waals surface area contributed by atoms with Crippen LogP contribution in [0.25, 0.3) is 0 Å². The molecule has 82 valence electrons. The number of hydrogen-bond donors (Lipinski definition) is 2. The topological polar surface area (TPSA) is 63.8 Å². The van der Waals surface area contributed by atoms with Crippen LogP contribution in [-0.4, -0.2) is 23.1 Å². The molecule has 2 rings (SSSR count). The van der Waals surface area contributed by atoms with Gasteiger partial charge in [-0.2, -0.15) is 0 Å². The van der Waals surface area contributed by atoms with Crippen molar-refractivity contribution in [2.45, 2.75) is 25.2 Å². The molecular formula is C10H15ClN4. The van der Waals surface area contributed by atoms with E-state index in [1.54, 1.807) is 0 Å². The van der Waals surface area contributed by atoms with E-state index < -0.39 is 0 Å². The van der Waals surface area contributed by atoms with Crippen molar-refractivity contribution in [3.05, 3.63) is 17.0 Å². The van der Waals surface area contributed by atoms with E-state index in [4.69, 9.17) is 17.3 Å². The van der Waals surface area contributed by atoms with Gasteiger partial charge in [-0.1, -0.05) is 0 Å². The van der Waals surface area contributed by atoms with Crippen LogP contribution in [-0.2, 0) is 0 Å². The van der Waals surface area contributed by atoms with Gasteiger partial charge in [0.15, 0.2) is 0 Å². The summed E-state index contributed by atoms with van der Waals surface area (Å²) in [6, 6.07) is 0. The molecule has 0 bridgehead atoms. The van der Waals surface area contributed by atoms with Crippen LogP contribution < -0.4 is 11.1 Å². The molecule has 1 aromatic rings. The van der Waals surface area contributed by atoms with Crippen molar-refractivity contribution >= 4 is 17.4 Å². The van der Waals surface area contributed by atoms with E-state index in [2.05, 4.69) is 15.3 Å². The van der Waals surface area contributed by atoms with Crippen LogP contribution >= 0.6 is 11.6 Å². The summed E-state index contributed by atoms with van der Waals surface area (Å²) in [6.45, 7) is 1.52. The second-order valence-electron chi connectivity index (χ2n) is 3.79. The molecule has 15 heavy (non-hydrogen) atoms. The van der Waals surface area contributed by atoms with Gasteiger partial charge in [-0.3, -0.25) is 0 Å². The number of nitrogens with zero attached hydrogens (tertiary/aromatic N) is 2. The first kappa shape index (κ1) is 10.6. The molecular weight excluding hydrogens is 212 g/mol. The molecule has 3 N–H and O–H groups in total. The van der Waals surface area contributed by atoms with E-state index in [1.807, 2.05) is 6.20 Å². The van der Waals surface area contributed by atoms with Crippen molar-refractivity contribution in [3.8, 4) is 0 Å². The van der Waals surface area contributed by atoms with E-state index >= 15 is 0 Å². The SMILES string of the molecule is NCCCNc1nc(Cl)ncc1C1CC1. The maximum atomic E-state index is 5.77. The van der Waals surface area contributed by atoms with E-state index in [0.29, 0.717) is 17.7 Å². The highest BCUT2D eigenvalue weighted by atomic mass is 35.5. The summed E-state index contributed by atoms with van der Waals surface area (Å²) in [4.78, 5) is 8.23. The summed E-state index contributed by atoms with van der Waals surface area (Å²) < 4.78 is 0. The number of halogens is 1. The first-order chi connectivity index (χ1) is 7.31. The van der Waals surface area contributed by atoms with Crippen molar-refractivity contribution in [2.24, 2.45) is 5.73 Å². The monoisotopic (exact) mass is 226 g/mol. The second-order valence-corrected chi connectivity index (χ2v) is 4.12. The van der Waals surface area contributed by atoms with Gasteiger partial charge < -0.3 is 11.1 Å². The molecule has 1 aromatic heterocycles. The lowest BCUT2D eigenvalue weighted by molar-refractivity contribution is 0.864. The Balaban J connectivity index is 2.08. The molecule has 1 heterocycles. The third-order valence-corrected chi connectivity index (χ3v) is 2.66. The van der Waals surface area contributed by atoms with Crippen LogP contribution in [0.2, 0.25) is 5.28 Å². The Morgan fingerprint density at radius 3 is 3.00 bits per heavy atom. The first-order valence-corrected chi connectivity index (χ1v) is 5.65. The zero-order chi connectivity index (χ0) is 10.7. The summed E-state index contributed by atoms with van der Waals surface area (Å²) in [6.07, 6.45) is 5.23. The van der Waals surface area contributed by atoms with Gasteiger partial charge >= 0.3 is 0 Å². The van der Waals surface area contributed by atoms with Gasteiger partial charge in [0.1, 0.15) is 5.82 Å². The minimum absolute atomic E-state index is 0.301. The molecule has 0 spiro atoms. The number of aromatic nitrogens is 2. The fraction of sp³-hybridized carbons (Fsp3) is 0.600. The average Bonchev–Trinajstić information content (AvgIpc) is 3.02. The van der Waals surface area contributed by atoms with Gasteiger partial charge in [0.05, 0.1) is 0 Å². The van der Waals surface area contributed by atoms with Crippen molar-refractivity contribution in [1.29, 1.82) is 0 Å². The van der Waals surface area contributed by atoms with Crippen molar-refractivity contribution in [3.63, 3.8) is 0 Å². The van der Waals surface area contributed by atoms with Crippen LogP contribution in [0.1, 0.15) is 30.7 Å². The Kier molecular flexibility index (Phi) is 3.38. The first-order valence-electron chi connectivity index (χ1n) is 5.27. The highest BCUT2D eigenvalue weighted by Gasteiger charge is 2.27. The largest absolute Gasteiger partial charge is 0.370 e. The van der Waals surface area contributed by atoms with Crippen LogP contribution in [0.3, 0.4) is 0 Å². The molecule has 5 heteroatoms. The van der Waals surface area contributed by atoms with Gasteiger partial charge in [-0.25, -0.2) is 9.97 Å². The Hall–Kier alpha value is -0.870. The van der Waals surface area contributed by atoms with Crippen LogP contribution in [0.15, 0.2) is 6.20 Å². The van der Waals surface area contributed by atoms with Crippen LogP contribution in [0.4, 0.5) is 5.82 Å². The second kappa shape index (κ2) is 4.77. The maximum Gasteiger partial charge on any atom is 0.224 e. The molecule has 0 aromatic carbocycles. The Bertz CT molecular complexity index is 338. The highest BCUT2D eigenvalue weighted by Crippen LogP contribution is 2.42. The molecule has 0 saturated heterocycles. The van der Waals surface area contributed by atoms with E-state index in [0.717, 1.165) is 18.8 Å². The molecule has 4 nitrogen and oxygen atoms in total. The summed E-state index contributed by atoms with van der Waals surface area (Å²) >= 11 is 5.77. The molecule has 1 saturated carbocycles. The summed E-state index contributed by atoms with van der Waals surface area (Å²) in [5.41, 5.74) is 6.63. The third kappa shape index (κ3) is 2.79. The summed E-state index contributed by atoms with van der Waals surface area (Å²) in [5.74, 6) is 1.51. The summed E-state index contributed by atoms with van der Waals surface area (Å²) in [5, 5.41) is 3.56. The molecule has 0 radical (unpaired) electrons. The van der Waals surface area contributed by atoms with Crippen molar-refractivity contribution in [2.75, 3.05) is 18.4 Å². The Morgan fingerprint density at radius 2 is 2.33 bits per heavy atom. The minimum Gasteiger partial charge on any atom is -0.370 e. The van der Waals surface area contributed by atoms with Crippen LogP contribution in [0, 0.1) is 0 Å². The normalized spacial score (nSPS) is 15.3. The lowest BCUT2D eigenvalue weighted by Gasteiger charge is -2.09. The predicted octanol–water partition coefficient (Wildman–Crippen LogP) is 1.77. The lowest BCUT2D eigenvalue weighted by Crippen LogP contribution is -2.11. The van der Waals surface area contributed by atoms with Crippen LogP contribution in [0.5, 0.6) is 0 Å². The molecule has 0 atom stereocenters. The molecule has 1 aliphatic carbocycles. The van der Waals surface area contributed by atoms with Crippen molar-refractivity contribution < 1.29 is 0 Å². The fourth-order valence-electron chi connectivity index (χ4n) is 1.51. The number of anilines is 1. The quantitative estimate of drug-likeness (QED) is 0.593. The molecule has 0 aliphatic heterocycles. The Morgan fingerprint density at radius 1 is 1.53 bits per heavy atom. The van der Waals surface area contributed by atoms with E-state index in [9.17, 15) is 0 Å². The van der Waals surface area contributed by atoms with Gasteiger partial charge in [0, 0.05) is 18.3 Å². The average molecular weight is 227 g/mol. The number of nitrogens with two attached hydrogens (primary N) is 1. The zero-order valence-corrected chi connectivity index (χ0v) is 9.30. The van der Waals surface area contributed by atoms with E-state index in [1.165, 1.54) is 18.4 Å². The van der Waals surface area contributed by atoms with Gasteiger partial charge in [-0.15, -0.1) is 0 Å². The van der Waals surface area contributed by atoms with E-state index in [-0.39, 0.29) is 0 Å². The summed E-state index contributed by atoms with van der Waals surface area (Å²) in [7, 11) is 0. The Labute approximate surface area is 94.2 Å². The number of nitrogens with one attached hydrogen (secondary N) is 1. The predicted molar refractivity (Wildman–Crippen MR) is 61.2 cm³/mol. The molecule has 0 amide bonds. The third-order valence-electron chi connectivity index (χ3n) is 2.48. The number of rotatable bonds is 5. The van der Waals surface area contributed by atoms with Crippen molar-refractivity contribution in [1.82, 2.24) is 9.97 Å². The standard InChI is InChI=1S/C10H15ClN4/c11-10-14-6-8(7-2-3-7)9(15-10)13-5-1-4-12/h6-7H,1-5,12H2,(H,13,14,15). The lowest BCUT2D eigenvalue weighted by atomic mass is 10.2. The molecule has 0 unspecified atom stereocenters. The molecule has 1 aliphatic rings. The number of hydrogen-bond acceptors (Lipinski definition) is 4. The minimum atomic E-state index is 0.301. The van der Waals surface area contributed by atoms with Gasteiger partial charge in [0.2, 0.25) is 5.28 Å². The smallest absolute Gasteiger partial charge is 0.224 e. The zero-order valence-electron chi connectivity index (χ0n) is 8.54. The molecule has 1 fully saturated rings. The highest BCUT2D eigenvalue weighted by molar-refractivity contribution is 6.28. The van der Waals surface area contributed by atoms with Gasteiger partial charge in [0.25, 0.3) is 0 Å². The maximum absolute atomic E-state index is 5.77.